The average Bonchev–Trinajstić information content (AvgIpc) is 2.84. The van der Waals surface area contributed by atoms with Gasteiger partial charge in [-0.1, -0.05) is 6.07 Å². The van der Waals surface area contributed by atoms with Crippen molar-refractivity contribution >= 4 is 11.9 Å². The van der Waals surface area contributed by atoms with Gasteiger partial charge in [0.1, 0.15) is 0 Å². The summed E-state index contributed by atoms with van der Waals surface area (Å²) in [5, 5.41) is 0. The number of likely N-dealkylation sites (tertiary alicyclic amines) is 1. The van der Waals surface area contributed by atoms with Gasteiger partial charge in [-0.3, -0.25) is 19.5 Å². The summed E-state index contributed by atoms with van der Waals surface area (Å²) >= 11 is 0. The molecule has 0 amide bonds. The molecule has 1 aliphatic rings. The van der Waals surface area contributed by atoms with Crippen LogP contribution in [0.2, 0.25) is 0 Å². The van der Waals surface area contributed by atoms with Gasteiger partial charge >= 0.3 is 11.9 Å². The van der Waals surface area contributed by atoms with Crippen molar-refractivity contribution in [1.29, 1.82) is 0 Å². The van der Waals surface area contributed by atoms with E-state index in [0.717, 1.165) is 5.56 Å². The molecule has 1 aliphatic heterocycles. The predicted molar refractivity (Wildman–Crippen MR) is 70.6 cm³/mol. The molecule has 0 saturated carbocycles. The lowest BCUT2D eigenvalue weighted by atomic mass is 9.87. The van der Waals surface area contributed by atoms with Crippen molar-refractivity contribution in [2.45, 2.75) is 6.04 Å². The van der Waals surface area contributed by atoms with Crippen LogP contribution in [0.4, 0.5) is 0 Å². The Hall–Kier alpha value is -1.95. The van der Waals surface area contributed by atoms with E-state index in [2.05, 4.69) is 4.98 Å². The smallest absolute Gasteiger partial charge is 0.311 e. The molecule has 0 N–H and O–H groups in total. The molecule has 0 bridgehead atoms. The molecule has 1 aromatic heterocycles. The van der Waals surface area contributed by atoms with Crippen LogP contribution in [0.3, 0.4) is 0 Å². The number of pyridine rings is 1. The zero-order valence-electron chi connectivity index (χ0n) is 11.8. The van der Waals surface area contributed by atoms with Gasteiger partial charge in [-0.05, 0) is 18.7 Å². The standard InChI is InChI=1S/C14H18N2O4/c1-16-8-10(13(17)19-2)11(14(18)20-3)12(16)9-5-4-6-15-7-9/h4-7,10-12H,8H2,1-3H3/t10-,11+,12+/m0/s1. The Balaban J connectivity index is 2.38. The maximum absolute atomic E-state index is 12.1. The maximum atomic E-state index is 12.1. The average molecular weight is 278 g/mol. The SMILES string of the molecule is COC(=O)[C@@H]1[C@@H](C(=O)OC)CN(C)[C@@H]1c1cccnc1. The summed E-state index contributed by atoms with van der Waals surface area (Å²) in [6.45, 7) is 0.450. The number of ether oxygens (including phenoxy) is 2. The molecule has 0 radical (unpaired) electrons. The number of rotatable bonds is 3. The second-order valence-electron chi connectivity index (χ2n) is 4.85. The molecular weight excluding hydrogens is 260 g/mol. The minimum atomic E-state index is -0.582. The molecule has 1 aromatic rings. The summed E-state index contributed by atoms with van der Waals surface area (Å²) < 4.78 is 9.67. The minimum Gasteiger partial charge on any atom is -0.469 e. The number of esters is 2. The monoisotopic (exact) mass is 278 g/mol. The van der Waals surface area contributed by atoms with Gasteiger partial charge in [-0.25, -0.2) is 0 Å². The van der Waals surface area contributed by atoms with Gasteiger partial charge in [0.05, 0.1) is 32.1 Å². The number of carbonyl (C=O) groups excluding carboxylic acids is 2. The van der Waals surface area contributed by atoms with Crippen molar-refractivity contribution in [1.82, 2.24) is 9.88 Å². The van der Waals surface area contributed by atoms with Crippen molar-refractivity contribution in [3.8, 4) is 0 Å². The van der Waals surface area contributed by atoms with E-state index < -0.39 is 23.8 Å². The Morgan fingerprint density at radius 2 is 2.00 bits per heavy atom. The minimum absolute atomic E-state index is 0.236. The van der Waals surface area contributed by atoms with E-state index in [1.54, 1.807) is 12.4 Å². The Kier molecular flexibility index (Phi) is 4.34. The second kappa shape index (κ2) is 6.00. The molecular formula is C14H18N2O4. The predicted octanol–water partition coefficient (Wildman–Crippen LogP) is 0.646. The van der Waals surface area contributed by atoms with E-state index in [4.69, 9.17) is 9.47 Å². The third-order valence-electron chi connectivity index (χ3n) is 3.74. The highest BCUT2D eigenvalue weighted by Crippen LogP contribution is 2.40. The number of carbonyl (C=O) groups is 2. The zero-order valence-corrected chi connectivity index (χ0v) is 11.8. The van der Waals surface area contributed by atoms with E-state index in [0.29, 0.717) is 6.54 Å². The summed E-state index contributed by atoms with van der Waals surface area (Å²) in [5.41, 5.74) is 0.886. The quantitative estimate of drug-likeness (QED) is 0.756. The Bertz CT molecular complexity index is 491. The number of aromatic nitrogens is 1. The van der Waals surface area contributed by atoms with Gasteiger partial charge in [0.2, 0.25) is 0 Å². The fraction of sp³-hybridized carbons (Fsp3) is 0.500. The van der Waals surface area contributed by atoms with Crippen molar-refractivity contribution in [2.75, 3.05) is 27.8 Å². The first-order chi connectivity index (χ1) is 9.60. The summed E-state index contributed by atoms with van der Waals surface area (Å²) in [4.78, 5) is 30.0. The summed E-state index contributed by atoms with van der Waals surface area (Å²) in [5.74, 6) is -1.90. The van der Waals surface area contributed by atoms with Gasteiger partial charge in [0.15, 0.2) is 0 Å². The van der Waals surface area contributed by atoms with E-state index in [1.807, 2.05) is 24.1 Å². The molecule has 20 heavy (non-hydrogen) atoms. The third kappa shape index (κ3) is 2.51. The van der Waals surface area contributed by atoms with Gasteiger partial charge in [0.25, 0.3) is 0 Å². The summed E-state index contributed by atoms with van der Waals surface area (Å²) in [6.07, 6.45) is 3.38. The Morgan fingerprint density at radius 3 is 2.55 bits per heavy atom. The van der Waals surface area contributed by atoms with Crippen LogP contribution in [0, 0.1) is 11.8 Å². The molecule has 1 saturated heterocycles. The summed E-state index contributed by atoms with van der Waals surface area (Å²) in [7, 11) is 4.53. The highest BCUT2D eigenvalue weighted by molar-refractivity contribution is 5.83. The molecule has 6 heteroatoms. The third-order valence-corrected chi connectivity index (χ3v) is 3.74. The van der Waals surface area contributed by atoms with Gasteiger partial charge < -0.3 is 9.47 Å². The van der Waals surface area contributed by atoms with Crippen LogP contribution in [0.1, 0.15) is 11.6 Å². The van der Waals surface area contributed by atoms with Crippen LogP contribution in [-0.2, 0) is 19.1 Å². The number of hydrogen-bond acceptors (Lipinski definition) is 6. The van der Waals surface area contributed by atoms with Crippen LogP contribution < -0.4 is 0 Å². The molecule has 2 heterocycles. The topological polar surface area (TPSA) is 68.7 Å². The Labute approximate surface area is 117 Å². The fourth-order valence-corrected chi connectivity index (χ4v) is 2.85. The highest BCUT2D eigenvalue weighted by Gasteiger charge is 2.49. The molecule has 0 aromatic carbocycles. The molecule has 6 nitrogen and oxygen atoms in total. The molecule has 108 valence electrons. The first-order valence-electron chi connectivity index (χ1n) is 6.36. The molecule has 0 unspecified atom stereocenters. The van der Waals surface area contributed by atoms with E-state index >= 15 is 0 Å². The van der Waals surface area contributed by atoms with Crippen molar-refractivity contribution < 1.29 is 19.1 Å². The van der Waals surface area contributed by atoms with Crippen molar-refractivity contribution in [3.63, 3.8) is 0 Å². The van der Waals surface area contributed by atoms with E-state index in [9.17, 15) is 9.59 Å². The van der Waals surface area contributed by atoms with E-state index in [1.165, 1.54) is 14.2 Å². The van der Waals surface area contributed by atoms with Crippen LogP contribution in [-0.4, -0.2) is 49.6 Å². The summed E-state index contributed by atoms with van der Waals surface area (Å²) in [6, 6.07) is 3.47. The highest BCUT2D eigenvalue weighted by atomic mass is 16.5. The Morgan fingerprint density at radius 1 is 1.30 bits per heavy atom. The van der Waals surface area contributed by atoms with Crippen LogP contribution in [0.15, 0.2) is 24.5 Å². The maximum Gasteiger partial charge on any atom is 0.311 e. The van der Waals surface area contributed by atoms with Gasteiger partial charge in [0, 0.05) is 18.9 Å². The molecule has 0 aliphatic carbocycles. The van der Waals surface area contributed by atoms with E-state index in [-0.39, 0.29) is 6.04 Å². The first-order valence-corrected chi connectivity index (χ1v) is 6.36. The van der Waals surface area contributed by atoms with Gasteiger partial charge in [-0.15, -0.1) is 0 Å². The van der Waals surface area contributed by atoms with Crippen LogP contribution in [0.25, 0.3) is 0 Å². The van der Waals surface area contributed by atoms with Crippen molar-refractivity contribution in [3.05, 3.63) is 30.1 Å². The molecule has 3 atom stereocenters. The molecule has 1 fully saturated rings. The molecule has 0 spiro atoms. The van der Waals surface area contributed by atoms with Crippen LogP contribution >= 0.6 is 0 Å². The second-order valence-corrected chi connectivity index (χ2v) is 4.85. The number of hydrogen-bond donors (Lipinski definition) is 0. The fourth-order valence-electron chi connectivity index (χ4n) is 2.85. The first kappa shape index (κ1) is 14.5. The van der Waals surface area contributed by atoms with Crippen LogP contribution in [0.5, 0.6) is 0 Å². The number of nitrogens with zero attached hydrogens (tertiary/aromatic N) is 2. The number of methoxy groups -OCH3 is 2. The lowest BCUT2D eigenvalue weighted by molar-refractivity contribution is -0.156. The van der Waals surface area contributed by atoms with Crippen molar-refractivity contribution in [2.24, 2.45) is 11.8 Å². The zero-order chi connectivity index (χ0) is 14.7. The van der Waals surface area contributed by atoms with Gasteiger partial charge in [-0.2, -0.15) is 0 Å². The normalized spacial score (nSPS) is 26.2. The lowest BCUT2D eigenvalue weighted by Crippen LogP contribution is -2.32. The molecule has 2 rings (SSSR count). The largest absolute Gasteiger partial charge is 0.469 e. The lowest BCUT2D eigenvalue weighted by Gasteiger charge is -2.24.